The maximum Gasteiger partial charge on any atom is 0.341 e. The molecule has 1 aromatic carbocycles. The van der Waals surface area contributed by atoms with Crippen LogP contribution in [0.25, 0.3) is 0 Å². The number of carbonyl (C=O) groups excluding carboxylic acids is 1. The molecule has 4 nitrogen and oxygen atoms in total. The summed E-state index contributed by atoms with van der Waals surface area (Å²) in [6, 6.07) is 9.38. The third kappa shape index (κ3) is 4.13. The van der Waals surface area contributed by atoms with Crippen LogP contribution in [0, 0.1) is 0 Å². The Morgan fingerprint density at radius 3 is 2.28 bits per heavy atom. The van der Waals surface area contributed by atoms with E-state index in [4.69, 9.17) is 9.47 Å². The van der Waals surface area contributed by atoms with E-state index in [2.05, 4.69) is 0 Å². The zero-order valence-corrected chi connectivity index (χ0v) is 10.7. The number of carbonyl (C=O) groups is 1. The highest BCUT2D eigenvalue weighted by Crippen LogP contribution is 2.13. The van der Waals surface area contributed by atoms with Crippen molar-refractivity contribution in [2.24, 2.45) is 0 Å². The summed E-state index contributed by atoms with van der Waals surface area (Å²) in [6.07, 6.45) is 0.283. The van der Waals surface area contributed by atoms with Crippen molar-refractivity contribution in [1.82, 2.24) is 0 Å². The van der Waals surface area contributed by atoms with E-state index in [9.17, 15) is 9.90 Å². The average Bonchev–Trinajstić information content (AvgIpc) is 2.37. The van der Waals surface area contributed by atoms with Crippen molar-refractivity contribution >= 4 is 5.97 Å². The molecule has 0 aliphatic rings. The number of hydrogen-bond acceptors (Lipinski definition) is 4. The van der Waals surface area contributed by atoms with Gasteiger partial charge in [0.25, 0.3) is 5.95 Å². The van der Waals surface area contributed by atoms with Gasteiger partial charge in [-0.2, -0.15) is 0 Å². The molecule has 0 aromatic heterocycles. The molecule has 18 heavy (non-hydrogen) atoms. The largest absolute Gasteiger partial charge is 0.481 e. The van der Waals surface area contributed by atoms with Crippen molar-refractivity contribution in [2.45, 2.75) is 20.3 Å². The van der Waals surface area contributed by atoms with Gasteiger partial charge in [0, 0.05) is 6.42 Å². The van der Waals surface area contributed by atoms with E-state index < -0.39 is 5.97 Å². The molecule has 1 aromatic rings. The van der Waals surface area contributed by atoms with Crippen LogP contribution in [-0.4, -0.2) is 24.3 Å². The van der Waals surface area contributed by atoms with Gasteiger partial charge >= 0.3 is 5.97 Å². The molecule has 1 N–H and O–H groups in total. The first-order chi connectivity index (χ1) is 8.69. The van der Waals surface area contributed by atoms with Gasteiger partial charge < -0.3 is 14.6 Å². The Morgan fingerprint density at radius 1 is 1.11 bits per heavy atom. The average molecular weight is 250 g/mol. The molecule has 0 bridgehead atoms. The Hall–Kier alpha value is -1.97. The molecular formula is C14H18O4. The highest BCUT2D eigenvalue weighted by Gasteiger charge is 2.18. The van der Waals surface area contributed by atoms with Gasteiger partial charge in [-0.15, -0.1) is 0 Å². The predicted molar refractivity (Wildman–Crippen MR) is 68.1 cm³/mol. The maximum absolute atomic E-state index is 11.7. The molecule has 0 amide bonds. The quantitative estimate of drug-likeness (QED) is 0.479. The predicted octanol–water partition coefficient (Wildman–Crippen LogP) is 2.60. The Kier molecular flexibility index (Phi) is 5.77. The van der Waals surface area contributed by atoms with Gasteiger partial charge in [0.05, 0.1) is 13.2 Å². The summed E-state index contributed by atoms with van der Waals surface area (Å²) in [5.41, 5.74) is 1.05. The van der Waals surface area contributed by atoms with Crippen LogP contribution < -0.4 is 0 Å². The smallest absolute Gasteiger partial charge is 0.341 e. The molecule has 0 unspecified atom stereocenters. The van der Waals surface area contributed by atoms with Gasteiger partial charge in [-0.25, -0.2) is 4.79 Å². The van der Waals surface area contributed by atoms with Gasteiger partial charge in [0.15, 0.2) is 0 Å². The first-order valence-corrected chi connectivity index (χ1v) is 5.95. The maximum atomic E-state index is 11.7. The Balaban J connectivity index is 2.91. The molecule has 0 saturated heterocycles. The van der Waals surface area contributed by atoms with E-state index in [1.165, 1.54) is 0 Å². The van der Waals surface area contributed by atoms with Crippen LogP contribution in [0.2, 0.25) is 0 Å². The Morgan fingerprint density at radius 2 is 1.72 bits per heavy atom. The molecule has 0 fully saturated rings. The molecule has 0 radical (unpaired) electrons. The van der Waals surface area contributed by atoms with E-state index in [-0.39, 0.29) is 24.5 Å². The van der Waals surface area contributed by atoms with Crippen molar-refractivity contribution < 1.29 is 19.4 Å². The van der Waals surface area contributed by atoms with Gasteiger partial charge in [0.2, 0.25) is 0 Å². The lowest BCUT2D eigenvalue weighted by Gasteiger charge is -2.10. The molecule has 1 rings (SSSR count). The summed E-state index contributed by atoms with van der Waals surface area (Å²) in [4.78, 5) is 11.7. The molecule has 0 saturated carbocycles. The second-order valence-corrected chi connectivity index (χ2v) is 3.60. The summed E-state index contributed by atoms with van der Waals surface area (Å²) in [6.45, 7) is 4.01. The van der Waals surface area contributed by atoms with Crippen molar-refractivity contribution in [2.75, 3.05) is 13.2 Å². The number of rotatable bonds is 6. The fourth-order valence-corrected chi connectivity index (χ4v) is 1.48. The fraction of sp³-hybridized carbons (Fsp3) is 0.357. The molecule has 0 spiro atoms. The summed E-state index contributed by atoms with van der Waals surface area (Å²) in [7, 11) is 0. The minimum atomic E-state index is -0.549. The van der Waals surface area contributed by atoms with E-state index >= 15 is 0 Å². The van der Waals surface area contributed by atoms with Crippen LogP contribution in [0.15, 0.2) is 41.9 Å². The van der Waals surface area contributed by atoms with Crippen LogP contribution in [0.5, 0.6) is 0 Å². The van der Waals surface area contributed by atoms with Crippen LogP contribution in [-0.2, 0) is 20.7 Å². The second kappa shape index (κ2) is 7.37. The highest BCUT2D eigenvalue weighted by molar-refractivity contribution is 5.89. The first kappa shape index (κ1) is 14.1. The summed E-state index contributed by atoms with van der Waals surface area (Å²) >= 11 is 0. The lowest BCUT2D eigenvalue weighted by Crippen LogP contribution is -2.14. The first-order valence-electron chi connectivity index (χ1n) is 5.95. The van der Waals surface area contributed by atoms with E-state index in [0.717, 1.165) is 5.56 Å². The SMILES string of the molecule is CCOC(=O)/C(Cc1ccccc1)=C(/O)OCC. The molecule has 0 aliphatic heterocycles. The molecule has 0 aliphatic carbocycles. The van der Waals surface area contributed by atoms with E-state index in [1.54, 1.807) is 13.8 Å². The van der Waals surface area contributed by atoms with E-state index in [0.29, 0.717) is 6.61 Å². The topological polar surface area (TPSA) is 55.8 Å². The zero-order chi connectivity index (χ0) is 13.4. The van der Waals surface area contributed by atoms with Crippen LogP contribution in [0.3, 0.4) is 0 Å². The van der Waals surface area contributed by atoms with Crippen molar-refractivity contribution in [3.8, 4) is 0 Å². The van der Waals surface area contributed by atoms with Crippen molar-refractivity contribution in [3.05, 3.63) is 47.4 Å². The minimum Gasteiger partial charge on any atom is -0.481 e. The molecule has 98 valence electrons. The van der Waals surface area contributed by atoms with Gasteiger partial charge in [-0.05, 0) is 19.4 Å². The monoisotopic (exact) mass is 250 g/mol. The number of esters is 1. The summed E-state index contributed by atoms with van der Waals surface area (Å²) in [5.74, 6) is -0.910. The van der Waals surface area contributed by atoms with Crippen molar-refractivity contribution in [1.29, 1.82) is 0 Å². The van der Waals surface area contributed by atoms with E-state index in [1.807, 2.05) is 30.3 Å². The zero-order valence-electron chi connectivity index (χ0n) is 10.7. The van der Waals surface area contributed by atoms with Gasteiger partial charge in [0.1, 0.15) is 5.57 Å². The standard InChI is InChI=1S/C14H18O4/c1-3-17-13(15)12(14(16)18-4-2)10-11-8-6-5-7-9-11/h5-9,15H,3-4,10H2,1-2H3/b13-12-. The highest BCUT2D eigenvalue weighted by atomic mass is 16.6. The number of hydrogen-bond donors (Lipinski definition) is 1. The second-order valence-electron chi connectivity index (χ2n) is 3.60. The number of aliphatic hydroxyl groups is 1. The number of aliphatic hydroxyl groups excluding tert-OH is 1. The Labute approximate surface area is 107 Å². The van der Waals surface area contributed by atoms with Gasteiger partial charge in [-0.3, -0.25) is 0 Å². The van der Waals surface area contributed by atoms with Crippen LogP contribution in [0.4, 0.5) is 0 Å². The third-order valence-electron chi connectivity index (χ3n) is 2.28. The lowest BCUT2D eigenvalue weighted by molar-refractivity contribution is -0.139. The third-order valence-corrected chi connectivity index (χ3v) is 2.28. The molecular weight excluding hydrogens is 232 g/mol. The summed E-state index contributed by atoms with van der Waals surface area (Å²) < 4.78 is 9.88. The Bertz CT molecular complexity index is 409. The minimum absolute atomic E-state index is 0.143. The molecule has 4 heteroatoms. The number of ether oxygens (including phenoxy) is 2. The van der Waals surface area contributed by atoms with Crippen molar-refractivity contribution in [3.63, 3.8) is 0 Å². The molecule has 0 atom stereocenters. The molecule has 0 heterocycles. The normalized spacial score (nSPS) is 11.7. The summed E-state index contributed by atoms with van der Waals surface area (Å²) in [5, 5.41) is 9.72. The van der Waals surface area contributed by atoms with Gasteiger partial charge in [-0.1, -0.05) is 30.3 Å². The fourth-order valence-electron chi connectivity index (χ4n) is 1.48. The van der Waals surface area contributed by atoms with Crippen LogP contribution >= 0.6 is 0 Å². The number of benzene rings is 1. The van der Waals surface area contributed by atoms with Crippen LogP contribution in [0.1, 0.15) is 19.4 Å². The lowest BCUT2D eigenvalue weighted by atomic mass is 10.1.